The summed E-state index contributed by atoms with van der Waals surface area (Å²) in [6.45, 7) is 2.39. The van der Waals surface area contributed by atoms with Gasteiger partial charge in [0.25, 0.3) is 0 Å². The Morgan fingerprint density at radius 2 is 1.63 bits per heavy atom. The number of amides is 1. The van der Waals surface area contributed by atoms with E-state index < -0.39 is 27.9 Å². The van der Waals surface area contributed by atoms with E-state index in [1.165, 1.54) is 35.7 Å². The summed E-state index contributed by atoms with van der Waals surface area (Å²) < 4.78 is 38.6. The molecular weight excluding hydrogens is 468 g/mol. The van der Waals surface area contributed by atoms with Crippen molar-refractivity contribution < 1.29 is 27.5 Å². The van der Waals surface area contributed by atoms with Gasteiger partial charge in [-0.25, -0.2) is 13.2 Å². The van der Waals surface area contributed by atoms with Crippen molar-refractivity contribution >= 4 is 27.6 Å². The van der Waals surface area contributed by atoms with E-state index in [9.17, 15) is 18.0 Å². The maximum absolute atomic E-state index is 13.6. The molecule has 1 N–H and O–H groups in total. The fraction of sp³-hybridized carbons (Fsp3) is 0.231. The SMILES string of the molecule is CCOc1ccc(S(=O)(=O)N2Cc3ccccc3CC2C(=O)Nc2ccc(C(=O)OC)cc2)cc1. The molecule has 1 amide bonds. The largest absolute Gasteiger partial charge is 0.494 e. The first-order valence-corrected chi connectivity index (χ1v) is 12.6. The van der Waals surface area contributed by atoms with Gasteiger partial charge in [-0.05, 0) is 73.0 Å². The van der Waals surface area contributed by atoms with E-state index in [-0.39, 0.29) is 17.9 Å². The number of carbonyl (C=O) groups excluding carboxylic acids is 2. The molecule has 35 heavy (non-hydrogen) atoms. The molecule has 0 spiro atoms. The number of ether oxygens (including phenoxy) is 2. The van der Waals surface area contributed by atoms with Crippen molar-refractivity contribution in [3.8, 4) is 5.75 Å². The van der Waals surface area contributed by atoms with Crippen LogP contribution >= 0.6 is 0 Å². The molecule has 0 radical (unpaired) electrons. The fourth-order valence-corrected chi connectivity index (χ4v) is 5.58. The van der Waals surface area contributed by atoms with Crippen LogP contribution in [0.2, 0.25) is 0 Å². The predicted octanol–water partition coefficient (Wildman–Crippen LogP) is 3.63. The van der Waals surface area contributed by atoms with Crippen molar-refractivity contribution in [3.05, 3.63) is 89.5 Å². The average Bonchev–Trinajstić information content (AvgIpc) is 2.88. The lowest BCUT2D eigenvalue weighted by atomic mass is 9.95. The number of methoxy groups -OCH3 is 1. The molecule has 0 aromatic heterocycles. The maximum Gasteiger partial charge on any atom is 0.337 e. The van der Waals surface area contributed by atoms with E-state index >= 15 is 0 Å². The van der Waals surface area contributed by atoms with Crippen LogP contribution in [0.4, 0.5) is 5.69 Å². The Hall–Kier alpha value is -3.69. The Morgan fingerprint density at radius 3 is 2.26 bits per heavy atom. The van der Waals surface area contributed by atoms with Gasteiger partial charge in [-0.15, -0.1) is 0 Å². The summed E-state index contributed by atoms with van der Waals surface area (Å²) in [6, 6.07) is 18.9. The molecule has 0 saturated heterocycles. The zero-order valence-corrected chi connectivity index (χ0v) is 20.2. The lowest BCUT2D eigenvalue weighted by molar-refractivity contribution is -0.120. The Morgan fingerprint density at radius 1 is 0.971 bits per heavy atom. The number of hydrogen-bond acceptors (Lipinski definition) is 6. The summed E-state index contributed by atoms with van der Waals surface area (Å²) in [5.41, 5.74) is 2.57. The van der Waals surface area contributed by atoms with E-state index in [1.54, 1.807) is 24.3 Å². The third-order valence-electron chi connectivity index (χ3n) is 5.82. The van der Waals surface area contributed by atoms with Crippen molar-refractivity contribution in [3.63, 3.8) is 0 Å². The molecule has 9 heteroatoms. The second-order valence-corrected chi connectivity index (χ2v) is 9.89. The highest BCUT2D eigenvalue weighted by Crippen LogP contribution is 2.30. The minimum atomic E-state index is -3.99. The molecule has 182 valence electrons. The Kier molecular flexibility index (Phi) is 7.18. The first kappa shape index (κ1) is 24.4. The lowest BCUT2D eigenvalue weighted by Crippen LogP contribution is -2.50. The monoisotopic (exact) mass is 494 g/mol. The predicted molar refractivity (Wildman–Crippen MR) is 131 cm³/mol. The Labute approximate surface area is 204 Å². The van der Waals surface area contributed by atoms with Gasteiger partial charge in [0.05, 0.1) is 24.2 Å². The van der Waals surface area contributed by atoms with Gasteiger partial charge in [0, 0.05) is 12.2 Å². The standard InChI is InChI=1S/C26H26N2O6S/c1-3-34-22-12-14-23(15-13-22)35(31,32)28-17-20-7-5-4-6-19(20)16-24(28)25(29)27-21-10-8-18(9-11-21)26(30)33-2/h4-15,24H,3,16-17H2,1-2H3,(H,27,29). The van der Waals surface area contributed by atoms with Gasteiger partial charge < -0.3 is 14.8 Å². The van der Waals surface area contributed by atoms with Crippen molar-refractivity contribution in [1.29, 1.82) is 0 Å². The summed E-state index contributed by atoms with van der Waals surface area (Å²) in [5.74, 6) is -0.376. The molecule has 1 aliphatic heterocycles. The van der Waals surface area contributed by atoms with Crippen LogP contribution in [-0.2, 0) is 32.5 Å². The molecule has 1 heterocycles. The van der Waals surface area contributed by atoms with E-state index in [0.29, 0.717) is 23.6 Å². The molecule has 3 aromatic carbocycles. The molecule has 1 aliphatic rings. The van der Waals surface area contributed by atoms with Crippen molar-refractivity contribution in [2.24, 2.45) is 0 Å². The van der Waals surface area contributed by atoms with Crippen LogP contribution in [-0.4, -0.2) is 44.4 Å². The van der Waals surface area contributed by atoms with E-state index in [2.05, 4.69) is 5.32 Å². The molecular formula is C26H26N2O6S. The number of anilines is 1. The fourth-order valence-electron chi connectivity index (χ4n) is 4.02. The van der Waals surface area contributed by atoms with E-state index in [1.807, 2.05) is 31.2 Å². The smallest absolute Gasteiger partial charge is 0.337 e. The molecule has 8 nitrogen and oxygen atoms in total. The molecule has 4 rings (SSSR count). The molecule has 1 unspecified atom stereocenters. The highest BCUT2D eigenvalue weighted by molar-refractivity contribution is 7.89. The highest BCUT2D eigenvalue weighted by Gasteiger charge is 2.39. The Bertz CT molecular complexity index is 1320. The first-order chi connectivity index (χ1) is 16.8. The van der Waals surface area contributed by atoms with Crippen molar-refractivity contribution in [2.45, 2.75) is 30.8 Å². The van der Waals surface area contributed by atoms with Gasteiger partial charge in [-0.1, -0.05) is 24.3 Å². The third kappa shape index (κ3) is 5.21. The van der Waals surface area contributed by atoms with Crippen LogP contribution in [0.5, 0.6) is 5.75 Å². The van der Waals surface area contributed by atoms with Crippen molar-refractivity contribution in [2.75, 3.05) is 19.0 Å². The van der Waals surface area contributed by atoms with Crippen molar-refractivity contribution in [1.82, 2.24) is 4.31 Å². The quantitative estimate of drug-likeness (QED) is 0.504. The van der Waals surface area contributed by atoms with Gasteiger partial charge in [-0.3, -0.25) is 4.79 Å². The zero-order valence-electron chi connectivity index (χ0n) is 19.4. The summed E-state index contributed by atoms with van der Waals surface area (Å²) in [5, 5.41) is 2.79. The molecule has 1 atom stereocenters. The Balaban J connectivity index is 1.63. The molecule has 3 aromatic rings. The van der Waals surface area contributed by atoms with E-state index in [0.717, 1.165) is 11.1 Å². The number of nitrogens with zero attached hydrogens (tertiary/aromatic N) is 1. The van der Waals surface area contributed by atoms with E-state index in [4.69, 9.17) is 9.47 Å². The molecule has 0 aliphatic carbocycles. The second-order valence-electron chi connectivity index (χ2n) is 8.00. The minimum Gasteiger partial charge on any atom is -0.494 e. The lowest BCUT2D eigenvalue weighted by Gasteiger charge is -2.35. The number of fused-ring (bicyclic) bond motifs is 1. The second kappa shape index (κ2) is 10.3. The van der Waals surface area contributed by atoms with Gasteiger partial charge in [-0.2, -0.15) is 4.31 Å². The van der Waals surface area contributed by atoms with Gasteiger partial charge in [0.1, 0.15) is 11.8 Å². The van der Waals surface area contributed by atoms with Gasteiger partial charge in [0.2, 0.25) is 15.9 Å². The highest BCUT2D eigenvalue weighted by atomic mass is 32.2. The molecule has 0 fully saturated rings. The third-order valence-corrected chi connectivity index (χ3v) is 7.69. The average molecular weight is 495 g/mol. The summed E-state index contributed by atoms with van der Waals surface area (Å²) >= 11 is 0. The molecule has 0 bridgehead atoms. The van der Waals surface area contributed by atoms with Crippen LogP contribution in [0.3, 0.4) is 0 Å². The maximum atomic E-state index is 13.6. The normalized spacial score (nSPS) is 15.7. The number of hydrogen-bond donors (Lipinski definition) is 1. The van der Waals surface area contributed by atoms with Crippen LogP contribution in [0, 0.1) is 0 Å². The van der Waals surface area contributed by atoms with Crippen LogP contribution < -0.4 is 10.1 Å². The number of nitrogens with one attached hydrogen (secondary N) is 1. The summed E-state index contributed by atoms with van der Waals surface area (Å²) in [6.07, 6.45) is 0.235. The summed E-state index contributed by atoms with van der Waals surface area (Å²) in [4.78, 5) is 25.1. The minimum absolute atomic E-state index is 0.0745. The molecule has 0 saturated carbocycles. The van der Waals surface area contributed by atoms with Crippen LogP contribution in [0.25, 0.3) is 0 Å². The van der Waals surface area contributed by atoms with Crippen LogP contribution in [0.15, 0.2) is 77.7 Å². The van der Waals surface area contributed by atoms with Gasteiger partial charge in [0.15, 0.2) is 0 Å². The summed E-state index contributed by atoms with van der Waals surface area (Å²) in [7, 11) is -2.70. The number of esters is 1. The number of sulfonamides is 1. The number of carbonyl (C=O) groups is 2. The topological polar surface area (TPSA) is 102 Å². The number of rotatable bonds is 7. The van der Waals surface area contributed by atoms with Gasteiger partial charge >= 0.3 is 5.97 Å². The zero-order chi connectivity index (χ0) is 25.0. The number of benzene rings is 3. The first-order valence-electron chi connectivity index (χ1n) is 11.1. The van der Waals surface area contributed by atoms with Crippen LogP contribution in [0.1, 0.15) is 28.4 Å².